The number of aliphatic hydroxyl groups is 1. The van der Waals surface area contributed by atoms with Gasteiger partial charge in [-0.15, -0.1) is 5.10 Å². The van der Waals surface area contributed by atoms with Crippen molar-refractivity contribution in [3.8, 4) is 0 Å². The van der Waals surface area contributed by atoms with Crippen LogP contribution in [0.25, 0.3) is 0 Å². The smallest absolute Gasteiger partial charge is 0.214 e. The third kappa shape index (κ3) is 2.83. The van der Waals surface area contributed by atoms with E-state index in [0.29, 0.717) is 11.7 Å². The molecule has 7 heteroatoms. The zero-order valence-electron chi connectivity index (χ0n) is 11.3. The highest BCUT2D eigenvalue weighted by molar-refractivity contribution is 7.99. The molecule has 1 unspecified atom stereocenters. The number of rotatable bonds is 4. The molecule has 0 spiro atoms. The second-order valence-corrected chi connectivity index (χ2v) is 6.08. The molecular weight excluding hydrogens is 274 g/mol. The molecule has 106 valence electrons. The number of hydrogen-bond acceptors (Lipinski definition) is 6. The SMILES string of the molecule is CC(O)c1ccc(Sc2nnnn2C2CCCC2)cn1. The minimum absolute atomic E-state index is 0.428. The van der Waals surface area contributed by atoms with Crippen LogP contribution in [0.4, 0.5) is 0 Å². The first-order chi connectivity index (χ1) is 9.74. The van der Waals surface area contributed by atoms with Gasteiger partial charge in [-0.3, -0.25) is 4.98 Å². The number of tetrazole rings is 1. The lowest BCUT2D eigenvalue weighted by molar-refractivity contribution is 0.194. The Kier molecular flexibility index (Phi) is 3.98. The molecule has 1 fully saturated rings. The summed E-state index contributed by atoms with van der Waals surface area (Å²) in [4.78, 5) is 5.21. The monoisotopic (exact) mass is 291 g/mol. The molecule has 0 bridgehead atoms. The van der Waals surface area contributed by atoms with E-state index in [1.165, 1.54) is 24.6 Å². The third-order valence-electron chi connectivity index (χ3n) is 3.53. The fraction of sp³-hybridized carbons (Fsp3) is 0.538. The van der Waals surface area contributed by atoms with E-state index in [-0.39, 0.29) is 0 Å². The molecule has 1 saturated carbocycles. The van der Waals surface area contributed by atoms with E-state index in [1.807, 2.05) is 16.8 Å². The zero-order chi connectivity index (χ0) is 13.9. The fourth-order valence-corrected chi connectivity index (χ4v) is 3.24. The van der Waals surface area contributed by atoms with E-state index >= 15 is 0 Å². The minimum Gasteiger partial charge on any atom is -0.387 e. The standard InChI is InChI=1S/C13H17N5OS/c1-9(19)12-7-6-11(8-14-12)20-13-15-16-17-18(13)10-4-2-3-5-10/h6-10,19H,2-5H2,1H3. The molecule has 1 atom stereocenters. The van der Waals surface area contributed by atoms with Gasteiger partial charge in [-0.2, -0.15) is 0 Å². The summed E-state index contributed by atoms with van der Waals surface area (Å²) in [6, 6.07) is 4.20. The van der Waals surface area contributed by atoms with Crippen molar-refractivity contribution >= 4 is 11.8 Å². The maximum Gasteiger partial charge on any atom is 0.214 e. The summed E-state index contributed by atoms with van der Waals surface area (Å²) in [5, 5.41) is 22.3. The number of pyridine rings is 1. The van der Waals surface area contributed by atoms with E-state index in [4.69, 9.17) is 0 Å². The summed E-state index contributed by atoms with van der Waals surface area (Å²) >= 11 is 1.51. The lowest BCUT2D eigenvalue weighted by atomic mass is 10.2. The highest BCUT2D eigenvalue weighted by Crippen LogP contribution is 2.33. The normalized spacial score (nSPS) is 17.5. The van der Waals surface area contributed by atoms with E-state index in [0.717, 1.165) is 22.9 Å². The van der Waals surface area contributed by atoms with Gasteiger partial charge in [-0.05, 0) is 54.1 Å². The highest BCUT2D eigenvalue weighted by Gasteiger charge is 2.21. The molecule has 0 amide bonds. The molecule has 2 aromatic heterocycles. The van der Waals surface area contributed by atoms with Crippen molar-refractivity contribution in [2.45, 2.75) is 54.8 Å². The third-order valence-corrected chi connectivity index (χ3v) is 4.46. The number of aliphatic hydroxyl groups excluding tert-OH is 1. The maximum absolute atomic E-state index is 9.45. The van der Waals surface area contributed by atoms with E-state index in [1.54, 1.807) is 13.1 Å². The van der Waals surface area contributed by atoms with Crippen LogP contribution in [0.15, 0.2) is 28.4 Å². The predicted molar refractivity (Wildman–Crippen MR) is 74.3 cm³/mol. The van der Waals surface area contributed by atoms with Gasteiger partial charge in [0.25, 0.3) is 0 Å². The molecular formula is C13H17N5OS. The van der Waals surface area contributed by atoms with Gasteiger partial charge in [-0.1, -0.05) is 12.8 Å². The molecule has 20 heavy (non-hydrogen) atoms. The van der Waals surface area contributed by atoms with Crippen molar-refractivity contribution < 1.29 is 5.11 Å². The average molecular weight is 291 g/mol. The van der Waals surface area contributed by atoms with E-state index in [2.05, 4.69) is 20.5 Å². The molecule has 3 rings (SSSR count). The summed E-state index contributed by atoms with van der Waals surface area (Å²) < 4.78 is 1.93. The Morgan fingerprint density at radius 2 is 2.15 bits per heavy atom. The molecule has 1 aliphatic carbocycles. The van der Waals surface area contributed by atoms with Crippen LogP contribution < -0.4 is 0 Å². The Morgan fingerprint density at radius 1 is 1.35 bits per heavy atom. The first-order valence-corrected chi connectivity index (χ1v) is 7.65. The van der Waals surface area contributed by atoms with Gasteiger partial charge in [0.05, 0.1) is 17.8 Å². The van der Waals surface area contributed by atoms with Gasteiger partial charge in [0.2, 0.25) is 5.16 Å². The van der Waals surface area contributed by atoms with Crippen LogP contribution in [0.5, 0.6) is 0 Å². The summed E-state index contributed by atoms with van der Waals surface area (Å²) in [6.07, 6.45) is 6.01. The van der Waals surface area contributed by atoms with Crippen LogP contribution in [-0.4, -0.2) is 30.3 Å². The van der Waals surface area contributed by atoms with Gasteiger partial charge in [0, 0.05) is 11.1 Å². The van der Waals surface area contributed by atoms with E-state index < -0.39 is 6.10 Å². The van der Waals surface area contributed by atoms with Crippen LogP contribution in [0.2, 0.25) is 0 Å². The second-order valence-electron chi connectivity index (χ2n) is 5.04. The van der Waals surface area contributed by atoms with Crippen molar-refractivity contribution in [2.24, 2.45) is 0 Å². The molecule has 2 heterocycles. The van der Waals surface area contributed by atoms with Crippen molar-refractivity contribution in [1.82, 2.24) is 25.2 Å². The van der Waals surface area contributed by atoms with Crippen LogP contribution in [0.1, 0.15) is 50.4 Å². The van der Waals surface area contributed by atoms with Gasteiger partial charge in [0.15, 0.2) is 0 Å². The Morgan fingerprint density at radius 3 is 2.80 bits per heavy atom. The summed E-state index contributed by atoms with van der Waals surface area (Å²) in [5.41, 5.74) is 0.671. The van der Waals surface area contributed by atoms with Crippen molar-refractivity contribution in [1.29, 1.82) is 0 Å². The van der Waals surface area contributed by atoms with Crippen LogP contribution in [-0.2, 0) is 0 Å². The number of hydrogen-bond donors (Lipinski definition) is 1. The van der Waals surface area contributed by atoms with Gasteiger partial charge in [-0.25, -0.2) is 4.68 Å². The lowest BCUT2D eigenvalue weighted by Gasteiger charge is -2.10. The van der Waals surface area contributed by atoms with E-state index in [9.17, 15) is 5.11 Å². The zero-order valence-corrected chi connectivity index (χ0v) is 12.1. The van der Waals surface area contributed by atoms with Crippen molar-refractivity contribution in [3.63, 3.8) is 0 Å². The fourth-order valence-electron chi connectivity index (χ4n) is 2.44. The summed E-state index contributed by atoms with van der Waals surface area (Å²) in [7, 11) is 0. The van der Waals surface area contributed by atoms with Crippen LogP contribution in [0, 0.1) is 0 Å². The van der Waals surface area contributed by atoms with Crippen molar-refractivity contribution in [3.05, 3.63) is 24.0 Å². The van der Waals surface area contributed by atoms with Gasteiger partial charge >= 0.3 is 0 Å². The Bertz CT molecular complexity index is 562. The molecule has 0 saturated heterocycles. The molecule has 0 aromatic carbocycles. The van der Waals surface area contributed by atoms with Gasteiger partial charge in [0.1, 0.15) is 0 Å². The topological polar surface area (TPSA) is 76.7 Å². The quantitative estimate of drug-likeness (QED) is 0.932. The second kappa shape index (κ2) is 5.88. The largest absolute Gasteiger partial charge is 0.387 e. The molecule has 1 aliphatic rings. The Labute approximate surface area is 121 Å². The average Bonchev–Trinajstić information content (AvgIpc) is 3.09. The van der Waals surface area contributed by atoms with Gasteiger partial charge < -0.3 is 5.11 Å². The minimum atomic E-state index is -0.544. The summed E-state index contributed by atoms with van der Waals surface area (Å²) in [6.45, 7) is 1.70. The van der Waals surface area contributed by atoms with Crippen LogP contribution >= 0.6 is 11.8 Å². The molecule has 6 nitrogen and oxygen atoms in total. The highest BCUT2D eigenvalue weighted by atomic mass is 32.2. The molecule has 0 aliphatic heterocycles. The molecule has 2 aromatic rings. The van der Waals surface area contributed by atoms with Crippen molar-refractivity contribution in [2.75, 3.05) is 0 Å². The lowest BCUT2D eigenvalue weighted by Crippen LogP contribution is -2.08. The number of nitrogens with zero attached hydrogens (tertiary/aromatic N) is 5. The Balaban J connectivity index is 1.76. The first-order valence-electron chi connectivity index (χ1n) is 6.84. The number of aromatic nitrogens is 5. The summed E-state index contributed by atoms with van der Waals surface area (Å²) in [5.74, 6) is 0. The predicted octanol–water partition coefficient (Wildman–Crippen LogP) is 2.39. The maximum atomic E-state index is 9.45. The molecule has 1 N–H and O–H groups in total. The molecule has 0 radical (unpaired) electrons. The van der Waals surface area contributed by atoms with Crippen LogP contribution in [0.3, 0.4) is 0 Å². The Hall–Kier alpha value is -1.47. The first kappa shape index (κ1) is 13.5.